The SMILES string of the molecule is Cc1cc(C2=CC(c3cc(C(F)(F)F)cc(C(F)(F)F)c3)(C(F)(F)F)ON2)ccc1Br. The van der Waals surface area contributed by atoms with Crippen LogP contribution in [0.1, 0.15) is 27.8 Å². The lowest BCUT2D eigenvalue weighted by atomic mass is 9.88. The Hall–Kier alpha value is -2.21. The van der Waals surface area contributed by atoms with E-state index in [1.54, 1.807) is 6.92 Å². The molecular weight excluding hydrogens is 509 g/mol. The van der Waals surface area contributed by atoms with Crippen molar-refractivity contribution in [3.8, 4) is 0 Å². The number of halogens is 10. The molecule has 1 aliphatic heterocycles. The molecule has 31 heavy (non-hydrogen) atoms. The fourth-order valence-corrected chi connectivity index (χ4v) is 3.21. The Morgan fingerprint density at radius 1 is 0.839 bits per heavy atom. The highest BCUT2D eigenvalue weighted by molar-refractivity contribution is 9.10. The number of hydrogen-bond donors (Lipinski definition) is 1. The zero-order valence-electron chi connectivity index (χ0n) is 15.2. The standard InChI is InChI=1S/C19H11BrF9NO/c1-9-4-10(2-3-14(9)20)15-8-16(31-30-15,19(27,28)29)11-5-12(17(21,22)23)7-13(6-11)18(24,25)26/h2-8,30H,1H3. The molecule has 0 amide bonds. The highest BCUT2D eigenvalue weighted by Gasteiger charge is 2.60. The van der Waals surface area contributed by atoms with Crippen LogP contribution in [0.25, 0.3) is 5.70 Å². The van der Waals surface area contributed by atoms with Crippen molar-refractivity contribution < 1.29 is 44.4 Å². The molecule has 1 unspecified atom stereocenters. The molecule has 0 bridgehead atoms. The monoisotopic (exact) mass is 519 g/mol. The van der Waals surface area contributed by atoms with Gasteiger partial charge in [-0.25, -0.2) is 0 Å². The van der Waals surface area contributed by atoms with Gasteiger partial charge >= 0.3 is 18.5 Å². The van der Waals surface area contributed by atoms with Crippen molar-refractivity contribution in [1.82, 2.24) is 5.48 Å². The normalized spacial score (nSPS) is 19.9. The van der Waals surface area contributed by atoms with E-state index in [0.717, 1.165) is 0 Å². The van der Waals surface area contributed by atoms with E-state index < -0.39 is 40.8 Å². The highest BCUT2D eigenvalue weighted by atomic mass is 79.9. The lowest BCUT2D eigenvalue weighted by molar-refractivity contribution is -0.269. The molecule has 0 spiro atoms. The van der Waals surface area contributed by atoms with Crippen LogP contribution >= 0.6 is 15.9 Å². The van der Waals surface area contributed by atoms with Crippen LogP contribution in [0.3, 0.4) is 0 Å². The number of hydroxylamine groups is 1. The van der Waals surface area contributed by atoms with Crippen LogP contribution in [0.2, 0.25) is 0 Å². The first kappa shape index (κ1) is 23.5. The van der Waals surface area contributed by atoms with Crippen LogP contribution < -0.4 is 5.48 Å². The second-order valence-corrected chi connectivity index (χ2v) is 7.61. The minimum Gasteiger partial charge on any atom is -0.265 e. The van der Waals surface area contributed by atoms with Crippen molar-refractivity contribution in [2.75, 3.05) is 0 Å². The van der Waals surface area contributed by atoms with Gasteiger partial charge in [-0.2, -0.15) is 39.5 Å². The summed E-state index contributed by atoms with van der Waals surface area (Å²) < 4.78 is 122. The molecule has 1 heterocycles. The second-order valence-electron chi connectivity index (χ2n) is 6.75. The number of alkyl halides is 9. The van der Waals surface area contributed by atoms with Gasteiger partial charge in [-0.15, -0.1) is 0 Å². The van der Waals surface area contributed by atoms with Crippen LogP contribution in [0.4, 0.5) is 39.5 Å². The minimum absolute atomic E-state index is 0.00329. The first-order chi connectivity index (χ1) is 14.0. The molecule has 0 fully saturated rings. The van der Waals surface area contributed by atoms with Gasteiger partial charge in [-0.3, -0.25) is 10.3 Å². The molecule has 2 aromatic rings. The van der Waals surface area contributed by atoms with Gasteiger partial charge in [0.2, 0.25) is 5.60 Å². The number of hydrogen-bond acceptors (Lipinski definition) is 2. The van der Waals surface area contributed by atoms with E-state index in [9.17, 15) is 39.5 Å². The van der Waals surface area contributed by atoms with Crippen LogP contribution in [-0.4, -0.2) is 6.18 Å². The predicted octanol–water partition coefficient (Wildman–Crippen LogP) is 7.13. The van der Waals surface area contributed by atoms with Crippen molar-refractivity contribution in [3.05, 3.63) is 74.8 Å². The van der Waals surface area contributed by atoms with E-state index in [-0.39, 0.29) is 29.5 Å². The van der Waals surface area contributed by atoms with Gasteiger partial charge in [0, 0.05) is 15.6 Å². The minimum atomic E-state index is -5.39. The Labute approximate surface area is 177 Å². The van der Waals surface area contributed by atoms with Crippen LogP contribution in [0.5, 0.6) is 0 Å². The third-order valence-electron chi connectivity index (χ3n) is 4.58. The van der Waals surface area contributed by atoms with Crippen molar-refractivity contribution in [2.24, 2.45) is 0 Å². The maximum absolute atomic E-state index is 14.0. The molecule has 168 valence electrons. The topological polar surface area (TPSA) is 21.3 Å². The quantitative estimate of drug-likeness (QED) is 0.426. The molecule has 0 saturated carbocycles. The first-order valence-electron chi connectivity index (χ1n) is 8.35. The molecule has 0 saturated heterocycles. The van der Waals surface area contributed by atoms with Crippen LogP contribution in [0, 0.1) is 6.92 Å². The number of benzene rings is 2. The van der Waals surface area contributed by atoms with E-state index in [1.807, 2.05) is 5.48 Å². The van der Waals surface area contributed by atoms with Crippen molar-refractivity contribution >= 4 is 21.6 Å². The Bertz CT molecular complexity index is 1010. The second kappa shape index (κ2) is 7.44. The Balaban J connectivity index is 2.25. The summed E-state index contributed by atoms with van der Waals surface area (Å²) in [5.74, 6) is 0. The lowest BCUT2D eigenvalue weighted by Gasteiger charge is -2.29. The van der Waals surface area contributed by atoms with Gasteiger partial charge in [0.05, 0.1) is 16.8 Å². The summed E-state index contributed by atoms with van der Waals surface area (Å²) in [6, 6.07) is 4.13. The maximum Gasteiger partial charge on any atom is 0.428 e. The van der Waals surface area contributed by atoms with E-state index in [4.69, 9.17) is 0 Å². The Morgan fingerprint density at radius 3 is 1.84 bits per heavy atom. The third-order valence-corrected chi connectivity index (χ3v) is 5.47. The smallest absolute Gasteiger partial charge is 0.265 e. The molecule has 2 nitrogen and oxygen atoms in total. The van der Waals surface area contributed by atoms with Crippen molar-refractivity contribution in [3.63, 3.8) is 0 Å². The molecule has 1 aliphatic rings. The Morgan fingerprint density at radius 2 is 1.39 bits per heavy atom. The molecule has 1 N–H and O–H groups in total. The van der Waals surface area contributed by atoms with Crippen molar-refractivity contribution in [2.45, 2.75) is 31.1 Å². The summed E-state index contributed by atoms with van der Waals surface area (Å²) in [6.07, 6.45) is -15.6. The average molecular weight is 520 g/mol. The van der Waals surface area contributed by atoms with E-state index >= 15 is 0 Å². The highest BCUT2D eigenvalue weighted by Crippen LogP contribution is 2.49. The third kappa shape index (κ3) is 4.40. The first-order valence-corrected chi connectivity index (χ1v) is 9.14. The number of rotatable bonds is 2. The zero-order chi connectivity index (χ0) is 23.4. The van der Waals surface area contributed by atoms with Gasteiger partial charge < -0.3 is 0 Å². The summed E-state index contributed by atoms with van der Waals surface area (Å²) in [4.78, 5) is 4.65. The largest absolute Gasteiger partial charge is 0.428 e. The molecular formula is C19H11BrF9NO. The average Bonchev–Trinajstić information content (AvgIpc) is 3.09. The molecule has 12 heteroatoms. The molecule has 3 rings (SSSR count). The van der Waals surface area contributed by atoms with E-state index in [2.05, 4.69) is 20.8 Å². The van der Waals surface area contributed by atoms with E-state index in [0.29, 0.717) is 16.1 Å². The summed E-state index contributed by atoms with van der Waals surface area (Å²) >= 11 is 3.22. The Kier molecular flexibility index (Phi) is 5.63. The molecule has 2 aromatic carbocycles. The van der Waals surface area contributed by atoms with Gasteiger partial charge in [0.15, 0.2) is 0 Å². The van der Waals surface area contributed by atoms with E-state index in [1.165, 1.54) is 18.2 Å². The fraction of sp³-hybridized carbons (Fsp3) is 0.263. The number of nitrogens with one attached hydrogen (secondary N) is 1. The number of aryl methyl sites for hydroxylation is 1. The van der Waals surface area contributed by atoms with Gasteiger partial charge in [-0.1, -0.05) is 22.0 Å². The maximum atomic E-state index is 14.0. The fourth-order valence-electron chi connectivity index (χ4n) is 2.97. The molecule has 0 aliphatic carbocycles. The van der Waals surface area contributed by atoms with Crippen LogP contribution in [-0.2, 0) is 22.8 Å². The summed E-state index contributed by atoms with van der Waals surface area (Å²) in [5.41, 5.74) is -6.16. The van der Waals surface area contributed by atoms with Gasteiger partial charge in [0.1, 0.15) is 0 Å². The predicted molar refractivity (Wildman–Crippen MR) is 95.3 cm³/mol. The summed E-state index contributed by atoms with van der Waals surface area (Å²) in [6.45, 7) is 1.64. The molecule has 0 radical (unpaired) electrons. The summed E-state index contributed by atoms with van der Waals surface area (Å²) in [7, 11) is 0. The summed E-state index contributed by atoms with van der Waals surface area (Å²) in [5, 5.41) is 0. The molecule has 1 atom stereocenters. The zero-order valence-corrected chi connectivity index (χ0v) is 16.8. The van der Waals surface area contributed by atoms with Gasteiger partial charge in [0.25, 0.3) is 0 Å². The lowest BCUT2D eigenvalue weighted by Crippen LogP contribution is -2.43. The molecule has 0 aromatic heterocycles. The van der Waals surface area contributed by atoms with Gasteiger partial charge in [-0.05, 0) is 48.9 Å². The van der Waals surface area contributed by atoms with Crippen molar-refractivity contribution in [1.29, 1.82) is 0 Å². The van der Waals surface area contributed by atoms with Crippen LogP contribution in [0.15, 0.2) is 46.9 Å².